The lowest BCUT2D eigenvalue weighted by Crippen LogP contribution is -3.00. The number of quaternary nitrogens is 1. The summed E-state index contributed by atoms with van der Waals surface area (Å²) in [5, 5.41) is 9.55. The average molecular weight is 368 g/mol. The first-order valence-corrected chi connectivity index (χ1v) is 6.67. The highest BCUT2D eigenvalue weighted by Crippen LogP contribution is 2.48. The van der Waals surface area contributed by atoms with Gasteiger partial charge in [-0.25, -0.2) is 4.39 Å². The van der Waals surface area contributed by atoms with Crippen LogP contribution in [-0.2, 0) is 0 Å². The van der Waals surface area contributed by atoms with Gasteiger partial charge in [-0.05, 0) is 5.75 Å². The molecule has 0 radical (unpaired) electrons. The third-order valence-corrected chi connectivity index (χ3v) is 3.68. The van der Waals surface area contributed by atoms with Crippen LogP contribution in [0.4, 0.5) is 30.7 Å². The maximum atomic E-state index is 13.2. The van der Waals surface area contributed by atoms with Crippen LogP contribution in [0.3, 0.4) is 0 Å². The van der Waals surface area contributed by atoms with Crippen molar-refractivity contribution in [2.45, 2.75) is 30.7 Å². The molecule has 11 heteroatoms. The Bertz CT molecular complexity index is 302. The molecule has 1 atom stereocenters. The molecule has 2 nitrogen and oxygen atoms in total. The molecule has 1 unspecified atom stereocenters. The van der Waals surface area contributed by atoms with Crippen LogP contribution in [0.2, 0.25) is 0 Å². The number of hydrogen-bond donors (Lipinski definition) is 1. The minimum Gasteiger partial charge on any atom is -1.00 e. The number of thioether (sulfide) groups is 1. The fraction of sp³-hybridized carbons (Fsp3) is 1.00. The normalized spacial score (nSPS) is 15.6. The smallest absolute Gasteiger partial charge is 0.431 e. The summed E-state index contributed by atoms with van der Waals surface area (Å²) < 4.78 is 86.6. The third-order valence-electron chi connectivity index (χ3n) is 2.65. The molecular formula is C10H17ClF7NOS. The van der Waals surface area contributed by atoms with E-state index in [1.54, 1.807) is 21.1 Å². The van der Waals surface area contributed by atoms with E-state index in [0.717, 1.165) is 0 Å². The van der Waals surface area contributed by atoms with Crippen molar-refractivity contribution in [3.63, 3.8) is 0 Å². The highest BCUT2D eigenvalue weighted by molar-refractivity contribution is 7.99. The van der Waals surface area contributed by atoms with Gasteiger partial charge in [-0.15, -0.1) is 0 Å². The Hall–Kier alpha value is 0.0700. The first-order valence-electron chi connectivity index (χ1n) is 5.52. The van der Waals surface area contributed by atoms with Crippen LogP contribution in [-0.4, -0.2) is 66.5 Å². The summed E-state index contributed by atoms with van der Waals surface area (Å²) in [6.07, 6.45) is -14.7. The molecule has 0 aliphatic heterocycles. The van der Waals surface area contributed by atoms with Gasteiger partial charge < -0.3 is 22.0 Å². The number of aliphatic hydroxyl groups excluding tert-OH is 1. The molecule has 0 saturated heterocycles. The van der Waals surface area contributed by atoms with E-state index in [2.05, 4.69) is 0 Å². The first-order chi connectivity index (χ1) is 8.63. The largest absolute Gasteiger partial charge is 1.00 e. The van der Waals surface area contributed by atoms with Crippen LogP contribution < -0.4 is 12.4 Å². The van der Waals surface area contributed by atoms with Gasteiger partial charge in [0.2, 0.25) is 0 Å². The van der Waals surface area contributed by atoms with Crippen molar-refractivity contribution in [3.8, 4) is 0 Å². The maximum absolute atomic E-state index is 13.2. The van der Waals surface area contributed by atoms with E-state index in [1.807, 2.05) is 0 Å². The van der Waals surface area contributed by atoms with Gasteiger partial charge in [-0.1, -0.05) is 0 Å². The van der Waals surface area contributed by atoms with E-state index >= 15 is 0 Å². The van der Waals surface area contributed by atoms with Gasteiger partial charge in [0.05, 0.1) is 26.9 Å². The van der Waals surface area contributed by atoms with E-state index < -0.39 is 36.4 Å². The quantitative estimate of drug-likeness (QED) is 0.308. The summed E-state index contributed by atoms with van der Waals surface area (Å²) in [5.41, 5.74) is -5.21. The van der Waals surface area contributed by atoms with Crippen LogP contribution >= 0.6 is 11.8 Å². The molecule has 0 aliphatic rings. The van der Waals surface area contributed by atoms with E-state index in [1.165, 1.54) is 0 Å². The molecule has 0 spiro atoms. The zero-order chi connectivity index (χ0) is 16.4. The fourth-order valence-electron chi connectivity index (χ4n) is 1.07. The molecule has 0 saturated carbocycles. The summed E-state index contributed by atoms with van der Waals surface area (Å²) in [7, 11) is 4.82. The van der Waals surface area contributed by atoms with Gasteiger partial charge in [0, 0.05) is 6.42 Å². The molecular weight excluding hydrogens is 351 g/mol. The van der Waals surface area contributed by atoms with Crippen molar-refractivity contribution < 1.29 is 52.7 Å². The second kappa shape index (κ2) is 7.56. The van der Waals surface area contributed by atoms with Crippen LogP contribution in [0.15, 0.2) is 0 Å². The third kappa shape index (κ3) is 6.37. The summed E-state index contributed by atoms with van der Waals surface area (Å²) in [5.74, 6) is -0.790. The summed E-state index contributed by atoms with van der Waals surface area (Å²) in [4.78, 5) is 0. The predicted octanol–water partition coefficient (Wildman–Crippen LogP) is -0.0288. The molecule has 0 amide bonds. The molecule has 0 rings (SSSR count). The van der Waals surface area contributed by atoms with E-state index in [4.69, 9.17) is 0 Å². The molecule has 0 fully saturated rings. The van der Waals surface area contributed by atoms with E-state index in [9.17, 15) is 35.8 Å². The molecule has 0 heterocycles. The van der Waals surface area contributed by atoms with Gasteiger partial charge in [-0.2, -0.15) is 38.1 Å². The molecule has 0 aromatic heterocycles. The SMILES string of the molecule is C[N+](C)(C)C(O)CSCCC(F)(C(F)(F)F)C(F)(F)F.[Cl-]. The van der Waals surface area contributed by atoms with E-state index in [0.29, 0.717) is 11.8 Å². The first kappa shape index (κ1) is 23.3. The van der Waals surface area contributed by atoms with Gasteiger partial charge >= 0.3 is 12.4 Å². The lowest BCUT2D eigenvalue weighted by molar-refractivity contribution is -0.915. The standard InChI is InChI=1S/C10H17F7NOS.ClH/c1-18(2,3)7(19)6-20-5-4-8(11,9(12,13)14)10(15,16)17;/h7,19H,4-6H2,1-3H3;1H/q+1;/p-1. The minimum absolute atomic E-state index is 0. The molecule has 0 aliphatic carbocycles. The fourth-order valence-corrected chi connectivity index (χ4v) is 2.32. The van der Waals surface area contributed by atoms with Gasteiger partial charge in [0.15, 0.2) is 6.23 Å². The molecule has 0 aromatic rings. The molecule has 0 aromatic carbocycles. The Labute approximate surface area is 128 Å². The van der Waals surface area contributed by atoms with Gasteiger partial charge in [0.1, 0.15) is 0 Å². The molecule has 1 N–H and O–H groups in total. The minimum atomic E-state index is -6.01. The lowest BCUT2D eigenvalue weighted by Gasteiger charge is -2.31. The second-order valence-corrected chi connectivity index (χ2v) is 6.37. The van der Waals surface area contributed by atoms with Crippen molar-refractivity contribution in [2.24, 2.45) is 0 Å². The van der Waals surface area contributed by atoms with Crippen LogP contribution in [0.1, 0.15) is 6.42 Å². The van der Waals surface area contributed by atoms with Crippen molar-refractivity contribution in [3.05, 3.63) is 0 Å². The zero-order valence-corrected chi connectivity index (χ0v) is 13.1. The number of rotatable bonds is 6. The summed E-state index contributed by atoms with van der Waals surface area (Å²) in [6.45, 7) is 0. The van der Waals surface area contributed by atoms with Gasteiger partial charge in [-0.3, -0.25) is 0 Å². The number of hydrogen-bond acceptors (Lipinski definition) is 2. The highest BCUT2D eigenvalue weighted by atomic mass is 35.5. The van der Waals surface area contributed by atoms with Crippen LogP contribution in [0, 0.1) is 0 Å². The van der Waals surface area contributed by atoms with Crippen molar-refractivity contribution >= 4 is 11.8 Å². The summed E-state index contributed by atoms with van der Waals surface area (Å²) >= 11 is 0.642. The van der Waals surface area contributed by atoms with Crippen molar-refractivity contribution in [2.75, 3.05) is 32.6 Å². The molecule has 130 valence electrons. The summed E-state index contributed by atoms with van der Waals surface area (Å²) in [6, 6.07) is 0. The molecule has 21 heavy (non-hydrogen) atoms. The van der Waals surface area contributed by atoms with E-state index in [-0.39, 0.29) is 22.6 Å². The topological polar surface area (TPSA) is 20.2 Å². The van der Waals surface area contributed by atoms with Crippen LogP contribution in [0.5, 0.6) is 0 Å². The van der Waals surface area contributed by atoms with Crippen molar-refractivity contribution in [1.82, 2.24) is 0 Å². The molecule has 0 bridgehead atoms. The number of aliphatic hydroxyl groups is 1. The monoisotopic (exact) mass is 367 g/mol. The zero-order valence-electron chi connectivity index (χ0n) is 11.5. The Morgan fingerprint density at radius 3 is 1.62 bits per heavy atom. The predicted molar refractivity (Wildman–Crippen MR) is 61.9 cm³/mol. The Morgan fingerprint density at radius 2 is 1.33 bits per heavy atom. The maximum Gasteiger partial charge on any atom is 0.431 e. The Kier molecular flexibility index (Phi) is 8.40. The number of halogens is 8. The van der Waals surface area contributed by atoms with Crippen molar-refractivity contribution in [1.29, 1.82) is 0 Å². The van der Waals surface area contributed by atoms with Gasteiger partial charge in [0.25, 0.3) is 5.67 Å². The Morgan fingerprint density at radius 1 is 0.952 bits per heavy atom. The van der Waals surface area contributed by atoms with Crippen LogP contribution in [0.25, 0.3) is 0 Å². The Balaban J connectivity index is 0. The number of nitrogens with zero attached hydrogens (tertiary/aromatic N) is 1. The average Bonchev–Trinajstić information content (AvgIpc) is 2.18. The number of alkyl halides is 7. The lowest BCUT2D eigenvalue weighted by atomic mass is 10.0. The highest BCUT2D eigenvalue weighted by Gasteiger charge is 2.71. The second-order valence-electron chi connectivity index (χ2n) is 5.22.